The number of hydrogen-bond acceptors (Lipinski definition) is 6. The Balaban J connectivity index is 0.000000330. The maximum Gasteiger partial charge on any atom is 0.217 e. The van der Waals surface area contributed by atoms with Crippen LogP contribution in [0.4, 0.5) is 5.69 Å². The fraction of sp³-hybridized carbons (Fsp3) is 0.150. The standard InChI is InChI=1S/C19H17N2S.CH4O4S/c1-20-12-11-14(15-7-3-4-8-16(15)20)13-19-21(2)17-9-5-6-10-18(17)22-19;1-5-6(2,3)4/h3-13H,1-2H3;1H3,(H,2,3,4)/q+1;/p-1. The molecule has 6 nitrogen and oxygen atoms in total. The largest absolute Gasteiger partial charge is 0.726 e. The first-order valence-corrected chi connectivity index (χ1v) is 10.6. The molecule has 0 N–H and O–H groups in total. The quantitative estimate of drug-likeness (QED) is 0.363. The summed E-state index contributed by atoms with van der Waals surface area (Å²) in [4.78, 5) is 3.59. The van der Waals surface area contributed by atoms with Crippen molar-refractivity contribution in [3.63, 3.8) is 0 Å². The lowest BCUT2D eigenvalue weighted by Gasteiger charge is -2.13. The van der Waals surface area contributed by atoms with Crippen LogP contribution in [0.5, 0.6) is 0 Å². The Morgan fingerprint density at radius 1 is 1.11 bits per heavy atom. The molecule has 1 aliphatic heterocycles. The lowest BCUT2D eigenvalue weighted by atomic mass is 10.1. The van der Waals surface area contributed by atoms with Crippen LogP contribution in [0.1, 0.15) is 5.56 Å². The molecule has 146 valence electrons. The lowest BCUT2D eigenvalue weighted by molar-refractivity contribution is -0.644. The molecule has 0 saturated carbocycles. The van der Waals surface area contributed by atoms with Crippen molar-refractivity contribution < 1.29 is 21.7 Å². The third-order valence-corrected chi connectivity index (χ3v) is 5.90. The van der Waals surface area contributed by atoms with E-state index in [1.165, 1.54) is 32.1 Å². The Bertz CT molecular complexity index is 1140. The van der Waals surface area contributed by atoms with Crippen LogP contribution < -0.4 is 9.47 Å². The van der Waals surface area contributed by atoms with E-state index in [0.29, 0.717) is 0 Å². The van der Waals surface area contributed by atoms with Gasteiger partial charge in [-0.2, -0.15) is 0 Å². The summed E-state index contributed by atoms with van der Waals surface area (Å²) >= 11 is 1.83. The summed E-state index contributed by atoms with van der Waals surface area (Å²) in [6.07, 6.45) is 4.41. The molecule has 0 amide bonds. The summed E-state index contributed by atoms with van der Waals surface area (Å²) in [6.45, 7) is 0. The van der Waals surface area contributed by atoms with Gasteiger partial charge in [0, 0.05) is 24.1 Å². The van der Waals surface area contributed by atoms with E-state index in [2.05, 4.69) is 94.6 Å². The SMILES string of the molecule is CN1/C(=C/c2cc[n+](C)c3ccccc23)Sc2ccccc21.COS(=O)(=O)[O-]. The molecule has 0 fully saturated rings. The lowest BCUT2D eigenvalue weighted by Crippen LogP contribution is -2.28. The zero-order chi connectivity index (χ0) is 20.3. The van der Waals surface area contributed by atoms with Crippen molar-refractivity contribution in [3.8, 4) is 0 Å². The Morgan fingerprint density at radius 3 is 2.43 bits per heavy atom. The predicted octanol–water partition coefficient (Wildman–Crippen LogP) is 3.30. The number of aryl methyl sites for hydroxylation is 1. The predicted molar refractivity (Wildman–Crippen MR) is 111 cm³/mol. The van der Waals surface area contributed by atoms with Gasteiger partial charge < -0.3 is 9.45 Å². The van der Waals surface area contributed by atoms with Gasteiger partial charge in [-0.05, 0) is 29.8 Å². The molecule has 0 radical (unpaired) electrons. The highest BCUT2D eigenvalue weighted by Gasteiger charge is 2.21. The first-order chi connectivity index (χ1) is 13.3. The Hall–Kier alpha value is -2.39. The van der Waals surface area contributed by atoms with Gasteiger partial charge in [0.25, 0.3) is 0 Å². The number of nitrogens with zero attached hydrogens (tertiary/aromatic N) is 2. The van der Waals surface area contributed by atoms with Crippen LogP contribution in [-0.4, -0.2) is 27.1 Å². The molecule has 1 aromatic heterocycles. The van der Waals surface area contributed by atoms with Crippen LogP contribution in [0.2, 0.25) is 0 Å². The number of pyridine rings is 1. The molecule has 0 unspecified atom stereocenters. The van der Waals surface area contributed by atoms with Crippen LogP contribution in [0, 0.1) is 0 Å². The summed E-state index contributed by atoms with van der Waals surface area (Å²) in [5.41, 5.74) is 3.79. The van der Waals surface area contributed by atoms with Crippen molar-refractivity contribution in [3.05, 3.63) is 71.4 Å². The fourth-order valence-corrected chi connectivity index (χ4v) is 4.00. The minimum atomic E-state index is -4.41. The van der Waals surface area contributed by atoms with Crippen LogP contribution in [0.25, 0.3) is 17.0 Å². The van der Waals surface area contributed by atoms with E-state index >= 15 is 0 Å². The number of para-hydroxylation sites is 2. The highest BCUT2D eigenvalue weighted by atomic mass is 32.3. The molecule has 3 aromatic rings. The molecule has 0 bridgehead atoms. The smallest absolute Gasteiger partial charge is 0.217 e. The molecule has 0 atom stereocenters. The zero-order valence-electron chi connectivity index (χ0n) is 15.7. The Morgan fingerprint density at radius 2 is 1.75 bits per heavy atom. The second-order valence-electron chi connectivity index (χ2n) is 6.09. The highest BCUT2D eigenvalue weighted by Crippen LogP contribution is 2.45. The van der Waals surface area contributed by atoms with Gasteiger partial charge in [0.2, 0.25) is 15.9 Å². The van der Waals surface area contributed by atoms with E-state index in [4.69, 9.17) is 0 Å². The van der Waals surface area contributed by atoms with Gasteiger partial charge >= 0.3 is 0 Å². The average molecular weight is 417 g/mol. The van der Waals surface area contributed by atoms with Crippen molar-refractivity contribution in [2.75, 3.05) is 19.1 Å². The Labute approximate surface area is 169 Å². The van der Waals surface area contributed by atoms with Crippen molar-refractivity contribution >= 4 is 44.8 Å². The third kappa shape index (κ3) is 4.53. The van der Waals surface area contributed by atoms with Crippen LogP contribution >= 0.6 is 11.8 Å². The zero-order valence-corrected chi connectivity index (χ0v) is 17.3. The molecule has 0 saturated heterocycles. The van der Waals surface area contributed by atoms with E-state index in [9.17, 15) is 13.0 Å². The van der Waals surface area contributed by atoms with E-state index < -0.39 is 10.4 Å². The van der Waals surface area contributed by atoms with Crippen molar-refractivity contribution in [1.82, 2.24) is 0 Å². The molecule has 2 aromatic carbocycles. The van der Waals surface area contributed by atoms with Crippen molar-refractivity contribution in [1.29, 1.82) is 0 Å². The Kier molecular flexibility index (Phi) is 6.04. The maximum atomic E-state index is 9.22. The summed E-state index contributed by atoms with van der Waals surface area (Å²) in [5, 5.41) is 2.55. The molecule has 8 heteroatoms. The van der Waals surface area contributed by atoms with Crippen molar-refractivity contribution in [2.45, 2.75) is 4.90 Å². The summed E-state index contributed by atoms with van der Waals surface area (Å²) in [5.74, 6) is 0. The van der Waals surface area contributed by atoms with Crippen LogP contribution in [0.15, 0.2) is 70.7 Å². The first kappa shape index (κ1) is 20.3. The number of rotatable bonds is 2. The minimum absolute atomic E-state index is 0.808. The number of anilines is 1. The molecule has 28 heavy (non-hydrogen) atoms. The minimum Gasteiger partial charge on any atom is -0.726 e. The normalized spacial score (nSPS) is 14.7. The van der Waals surface area contributed by atoms with Crippen LogP contribution in [0.3, 0.4) is 0 Å². The molecular formula is C20H20N2O4S2. The summed E-state index contributed by atoms with van der Waals surface area (Å²) in [6, 6.07) is 19.3. The van der Waals surface area contributed by atoms with E-state index in [-0.39, 0.29) is 0 Å². The number of thioether (sulfide) groups is 1. The topological polar surface area (TPSA) is 73.5 Å². The van der Waals surface area contributed by atoms with E-state index in [1.807, 2.05) is 11.8 Å². The molecule has 0 aliphatic carbocycles. The summed E-state index contributed by atoms with van der Waals surface area (Å²) in [7, 11) is 0.619. The number of fused-ring (bicyclic) bond motifs is 2. The average Bonchev–Trinajstić information content (AvgIpc) is 3.00. The fourth-order valence-electron chi connectivity index (χ4n) is 2.89. The summed E-state index contributed by atoms with van der Waals surface area (Å²) < 4.78 is 33.2. The van der Waals surface area contributed by atoms with Gasteiger partial charge in [0.05, 0.1) is 23.2 Å². The first-order valence-electron chi connectivity index (χ1n) is 8.41. The molecule has 2 heterocycles. The number of hydrogen-bond donors (Lipinski definition) is 0. The third-order valence-electron chi connectivity index (χ3n) is 4.33. The molecule has 1 aliphatic rings. The highest BCUT2D eigenvalue weighted by molar-refractivity contribution is 8.03. The molecular weight excluding hydrogens is 396 g/mol. The van der Waals surface area contributed by atoms with Gasteiger partial charge in [0.1, 0.15) is 7.05 Å². The maximum absolute atomic E-state index is 9.22. The van der Waals surface area contributed by atoms with Crippen molar-refractivity contribution in [2.24, 2.45) is 7.05 Å². The second-order valence-corrected chi connectivity index (χ2v) is 8.30. The van der Waals surface area contributed by atoms with Gasteiger partial charge in [-0.15, -0.1) is 0 Å². The van der Waals surface area contributed by atoms with E-state index in [1.54, 1.807) is 0 Å². The monoisotopic (exact) mass is 416 g/mol. The van der Waals surface area contributed by atoms with Gasteiger partial charge in [-0.25, -0.2) is 13.0 Å². The van der Waals surface area contributed by atoms with E-state index in [0.717, 1.165) is 7.11 Å². The van der Waals surface area contributed by atoms with Gasteiger partial charge in [-0.1, -0.05) is 36.0 Å². The molecule has 0 spiro atoms. The number of aromatic nitrogens is 1. The number of benzene rings is 2. The van der Waals surface area contributed by atoms with Crippen LogP contribution in [-0.2, 0) is 21.6 Å². The molecule has 4 rings (SSSR count). The second kappa shape index (κ2) is 8.32. The van der Waals surface area contributed by atoms with Gasteiger partial charge in [0.15, 0.2) is 6.20 Å². The van der Waals surface area contributed by atoms with Gasteiger partial charge in [-0.3, -0.25) is 4.18 Å².